The highest BCUT2D eigenvalue weighted by Crippen LogP contribution is 2.45. The predicted molar refractivity (Wildman–Crippen MR) is 254 cm³/mol. The molecular weight excluding hydrogens is 816 g/mol. The summed E-state index contributed by atoms with van der Waals surface area (Å²) in [4.78, 5) is 18.6. The molecule has 0 saturated carbocycles. The van der Waals surface area contributed by atoms with Gasteiger partial charge in [0.25, 0.3) is 0 Å². The first-order valence-corrected chi connectivity index (χ1v) is 23.2. The molecule has 62 heavy (non-hydrogen) atoms. The lowest BCUT2D eigenvalue weighted by molar-refractivity contribution is 0.0256. The smallest absolute Gasteiger partial charge is 0.146 e. The number of nitrogens with zero attached hydrogens (tertiary/aromatic N) is 5. The number of ether oxygens (including phenoxy) is 3. The number of aromatic nitrogens is 2. The quantitative estimate of drug-likeness (QED) is 0.0825. The van der Waals surface area contributed by atoms with E-state index in [1.807, 2.05) is 36.5 Å². The highest BCUT2D eigenvalue weighted by atomic mass is 35.5. The molecule has 0 radical (unpaired) electrons. The highest BCUT2D eigenvalue weighted by molar-refractivity contribution is 7.97. The van der Waals surface area contributed by atoms with Crippen LogP contribution in [0, 0.1) is 5.41 Å². The third-order valence-electron chi connectivity index (χ3n) is 13.6. The van der Waals surface area contributed by atoms with Crippen molar-refractivity contribution >= 4 is 62.9 Å². The summed E-state index contributed by atoms with van der Waals surface area (Å²) >= 11 is 7.75. The number of hydrogen-bond acceptors (Lipinski definition) is 11. The second-order valence-electron chi connectivity index (χ2n) is 18.5. The van der Waals surface area contributed by atoms with Gasteiger partial charge in [-0.05, 0) is 103 Å². The number of nitrogens with two attached hydrogens (primary N) is 1. The molecule has 5 aliphatic rings. The van der Waals surface area contributed by atoms with E-state index in [4.69, 9.17) is 31.5 Å². The highest BCUT2D eigenvalue weighted by Gasteiger charge is 2.41. The number of anilines is 3. The van der Waals surface area contributed by atoms with Gasteiger partial charge in [0.1, 0.15) is 35.2 Å². The number of piperazine rings is 1. The van der Waals surface area contributed by atoms with Crippen molar-refractivity contribution in [3.05, 3.63) is 107 Å². The van der Waals surface area contributed by atoms with Crippen LogP contribution in [-0.4, -0.2) is 104 Å². The summed E-state index contributed by atoms with van der Waals surface area (Å²) in [6.07, 6.45) is 8.60. The molecule has 0 unspecified atom stereocenters. The van der Waals surface area contributed by atoms with Crippen LogP contribution in [0.15, 0.2) is 96.2 Å². The molecule has 4 aliphatic heterocycles. The molecule has 5 aromatic rings. The monoisotopic (exact) mass is 872 g/mol. The van der Waals surface area contributed by atoms with Crippen molar-refractivity contribution in [3.8, 4) is 17.2 Å². The number of hydrogen-bond donors (Lipinski definition) is 3. The summed E-state index contributed by atoms with van der Waals surface area (Å²) in [6, 6.07) is 23.7. The van der Waals surface area contributed by atoms with Crippen LogP contribution in [0.2, 0.25) is 5.02 Å². The summed E-state index contributed by atoms with van der Waals surface area (Å²) in [6.45, 7) is 17.5. The third kappa shape index (κ3) is 8.60. The SMILES string of the molecule is C=C(NSc1cc(N)c2c(c1)OC[C@@H](CN1C[C@@H]3C[C@H]1CO3)N2C)c1ccc(N2CCN(CC3=C(c4ccc(Cl)cc4)CC(C)(C)CC3)CC2)cc1Oc1cnc2[nH]ccc2c1. The van der Waals surface area contributed by atoms with E-state index < -0.39 is 0 Å². The molecule has 2 aromatic heterocycles. The summed E-state index contributed by atoms with van der Waals surface area (Å²) in [5.74, 6) is 2.17. The number of nitrogen functional groups attached to an aromatic ring is 1. The van der Waals surface area contributed by atoms with E-state index in [2.05, 4.69) is 98.2 Å². The lowest BCUT2D eigenvalue weighted by Gasteiger charge is -2.40. The van der Waals surface area contributed by atoms with E-state index in [1.54, 1.807) is 11.8 Å². The number of allylic oxidation sites excluding steroid dienone is 1. The molecule has 0 spiro atoms. The van der Waals surface area contributed by atoms with Crippen molar-refractivity contribution < 1.29 is 14.2 Å². The number of morpholine rings is 1. The molecule has 6 heterocycles. The Kier molecular flexibility index (Phi) is 11.3. The summed E-state index contributed by atoms with van der Waals surface area (Å²) < 4.78 is 22.4. The minimum absolute atomic E-state index is 0.222. The van der Waals surface area contributed by atoms with Gasteiger partial charge < -0.3 is 39.5 Å². The minimum atomic E-state index is 0.222. The number of likely N-dealkylation sites (N-methyl/N-ethyl adjacent to an activating group) is 1. The third-order valence-corrected chi connectivity index (χ3v) is 14.7. The van der Waals surface area contributed by atoms with Crippen molar-refractivity contribution in [2.24, 2.45) is 5.41 Å². The second kappa shape index (κ2) is 17.0. The molecule has 324 valence electrons. The molecule has 3 aromatic carbocycles. The van der Waals surface area contributed by atoms with Crippen molar-refractivity contribution in [1.82, 2.24) is 24.5 Å². The number of fused-ring (bicyclic) bond motifs is 4. The average molecular weight is 874 g/mol. The minimum Gasteiger partial charge on any atom is -0.489 e. The van der Waals surface area contributed by atoms with Gasteiger partial charge in [-0.1, -0.05) is 49.7 Å². The Bertz CT molecular complexity index is 2500. The van der Waals surface area contributed by atoms with Crippen LogP contribution in [0.5, 0.6) is 17.2 Å². The zero-order chi connectivity index (χ0) is 42.5. The average Bonchev–Trinajstić information content (AvgIpc) is 4.03. The number of rotatable bonds is 12. The molecule has 2 bridgehead atoms. The fourth-order valence-corrected chi connectivity index (χ4v) is 10.8. The van der Waals surface area contributed by atoms with E-state index >= 15 is 0 Å². The maximum atomic E-state index is 6.75. The standard InChI is InChI=1S/C49H57ClN8O3S/c1-31(54-62-41-22-44(51)47-46(23-41)60-30-38(55(47)4)27-58-28-40-20-37(58)29-59-40)42-10-9-36(21-45(42)61-39-19-33-12-14-52-48(33)53-25-39)57-17-15-56(16-18-57)26-34-11-13-49(2,3)24-43(34)32-5-7-35(50)8-6-32/h5-10,12,14,19,21-23,25,37-38,40,54H,1,11,13,15-18,20,24,26-30,51H2,2-4H3,(H,52,53)/t37-,38+,40-/m0/s1. The Hall–Kier alpha value is -4.85. The first kappa shape index (κ1) is 41.2. The topological polar surface area (TPSA) is 107 Å². The lowest BCUT2D eigenvalue weighted by Crippen LogP contribution is -2.51. The molecule has 11 nitrogen and oxygen atoms in total. The van der Waals surface area contributed by atoms with Gasteiger partial charge in [0, 0.05) is 103 Å². The van der Waals surface area contributed by atoms with Gasteiger partial charge in [-0.2, -0.15) is 0 Å². The molecule has 3 fully saturated rings. The van der Waals surface area contributed by atoms with E-state index in [-0.39, 0.29) is 6.04 Å². The number of halogens is 1. The van der Waals surface area contributed by atoms with Crippen LogP contribution in [0.25, 0.3) is 22.3 Å². The fourth-order valence-electron chi connectivity index (χ4n) is 10.00. The van der Waals surface area contributed by atoms with Crippen LogP contribution >= 0.6 is 23.5 Å². The van der Waals surface area contributed by atoms with Gasteiger partial charge in [-0.3, -0.25) is 9.80 Å². The van der Waals surface area contributed by atoms with Gasteiger partial charge in [0.2, 0.25) is 0 Å². The fraction of sp³-hybridized carbons (Fsp3) is 0.408. The van der Waals surface area contributed by atoms with E-state index in [9.17, 15) is 0 Å². The number of nitrogens with one attached hydrogen (secondary N) is 2. The van der Waals surface area contributed by atoms with Crippen LogP contribution in [-0.2, 0) is 4.74 Å². The van der Waals surface area contributed by atoms with E-state index in [0.29, 0.717) is 41.4 Å². The Labute approximate surface area is 374 Å². The van der Waals surface area contributed by atoms with Gasteiger partial charge in [-0.15, -0.1) is 0 Å². The number of benzene rings is 3. The molecule has 4 N–H and O–H groups in total. The van der Waals surface area contributed by atoms with Crippen molar-refractivity contribution in [1.29, 1.82) is 0 Å². The van der Waals surface area contributed by atoms with Gasteiger partial charge in [-0.25, -0.2) is 4.98 Å². The van der Waals surface area contributed by atoms with Gasteiger partial charge in [0.15, 0.2) is 0 Å². The molecule has 3 saturated heterocycles. The summed E-state index contributed by atoms with van der Waals surface area (Å²) in [5, 5.41) is 1.77. The van der Waals surface area contributed by atoms with Crippen LogP contribution < -0.4 is 29.7 Å². The normalized spacial score (nSPS) is 22.5. The molecule has 3 atom stereocenters. The lowest BCUT2D eigenvalue weighted by atomic mass is 9.72. The van der Waals surface area contributed by atoms with Crippen molar-refractivity contribution in [2.45, 2.75) is 62.6 Å². The molecule has 13 heteroatoms. The number of likely N-dealkylation sites (tertiary alicyclic amines) is 1. The Morgan fingerprint density at radius 2 is 1.90 bits per heavy atom. The Morgan fingerprint density at radius 3 is 2.69 bits per heavy atom. The van der Waals surface area contributed by atoms with Crippen molar-refractivity contribution in [3.63, 3.8) is 0 Å². The second-order valence-corrected chi connectivity index (χ2v) is 19.8. The largest absolute Gasteiger partial charge is 0.489 e. The molecular formula is C49H57ClN8O3S. The maximum absolute atomic E-state index is 6.75. The number of pyridine rings is 1. The van der Waals surface area contributed by atoms with Crippen LogP contribution in [0.4, 0.5) is 17.1 Å². The first-order valence-electron chi connectivity index (χ1n) is 22.0. The van der Waals surface area contributed by atoms with Crippen molar-refractivity contribution in [2.75, 3.05) is 81.6 Å². The van der Waals surface area contributed by atoms with E-state index in [1.165, 1.54) is 29.5 Å². The van der Waals surface area contributed by atoms with Crippen LogP contribution in [0.3, 0.4) is 0 Å². The predicted octanol–water partition coefficient (Wildman–Crippen LogP) is 9.31. The van der Waals surface area contributed by atoms with Gasteiger partial charge >= 0.3 is 0 Å². The Morgan fingerprint density at radius 1 is 1.06 bits per heavy atom. The Balaban J connectivity index is 0.831. The zero-order valence-electron chi connectivity index (χ0n) is 36.0. The van der Waals surface area contributed by atoms with Gasteiger partial charge in [0.05, 0.1) is 30.6 Å². The summed E-state index contributed by atoms with van der Waals surface area (Å²) in [5.41, 5.74) is 16.6. The zero-order valence-corrected chi connectivity index (χ0v) is 37.5. The number of H-pyrrole nitrogens is 1. The number of aromatic amines is 1. The maximum Gasteiger partial charge on any atom is 0.146 e. The molecule has 10 rings (SSSR count). The van der Waals surface area contributed by atoms with E-state index in [0.717, 1.165) is 121 Å². The summed E-state index contributed by atoms with van der Waals surface area (Å²) in [7, 11) is 2.13. The first-order chi connectivity index (χ1) is 30.0. The molecule has 0 amide bonds. The van der Waals surface area contributed by atoms with Crippen LogP contribution in [0.1, 0.15) is 50.7 Å². The molecule has 1 aliphatic carbocycles.